The van der Waals surface area contributed by atoms with Crippen molar-refractivity contribution in [1.29, 1.82) is 5.26 Å². The van der Waals surface area contributed by atoms with Crippen molar-refractivity contribution in [2.24, 2.45) is 4.99 Å². The largest absolute Gasteiger partial charge is 0.452 e. The fraction of sp³-hybridized carbons (Fsp3) is 0.286. The van der Waals surface area contributed by atoms with Gasteiger partial charge in [0.05, 0.1) is 43.1 Å². The molecule has 22 heavy (non-hydrogen) atoms. The van der Waals surface area contributed by atoms with Gasteiger partial charge in [0.25, 0.3) is 0 Å². The molecule has 3 rings (SSSR count). The second kappa shape index (κ2) is 5.37. The quantitative estimate of drug-likeness (QED) is 0.831. The zero-order valence-electron chi connectivity index (χ0n) is 12.2. The predicted molar refractivity (Wildman–Crippen MR) is 80.6 cm³/mol. The van der Waals surface area contributed by atoms with E-state index in [0.29, 0.717) is 41.3 Å². The van der Waals surface area contributed by atoms with Gasteiger partial charge >= 0.3 is 6.09 Å². The van der Waals surface area contributed by atoms with E-state index in [1.165, 1.54) is 12.0 Å². The number of ether oxygens (including phenoxy) is 1. The summed E-state index contributed by atoms with van der Waals surface area (Å²) < 4.78 is 4.73. The van der Waals surface area contributed by atoms with Crippen molar-refractivity contribution in [2.75, 3.05) is 25.5 Å². The number of nitriles is 1. The number of aliphatic imine (C=N–C) groups is 1. The van der Waals surface area contributed by atoms with Gasteiger partial charge in [-0.2, -0.15) is 5.26 Å². The molecule has 0 unspecified atom stereocenters. The molecule has 0 fully saturated rings. The number of amides is 1. The van der Waals surface area contributed by atoms with E-state index >= 15 is 0 Å². The summed E-state index contributed by atoms with van der Waals surface area (Å²) in [6, 6.07) is 3.85. The third-order valence-corrected chi connectivity index (χ3v) is 3.56. The third-order valence-electron chi connectivity index (χ3n) is 3.56. The summed E-state index contributed by atoms with van der Waals surface area (Å²) >= 11 is 0. The Labute approximate surface area is 126 Å². The molecule has 1 amide bonds. The molecule has 1 aromatic carbocycles. The highest BCUT2D eigenvalue weighted by molar-refractivity contribution is 6.05. The Morgan fingerprint density at radius 1 is 1.59 bits per heavy atom. The first-order valence-corrected chi connectivity index (χ1v) is 6.69. The van der Waals surface area contributed by atoms with Crippen LogP contribution in [0.1, 0.15) is 11.1 Å². The number of hydrogen-bond donors (Lipinski definition) is 2. The van der Waals surface area contributed by atoms with Crippen LogP contribution in [0.4, 0.5) is 10.5 Å². The van der Waals surface area contributed by atoms with E-state index in [0.717, 1.165) is 5.56 Å². The number of carbonyl (C=O) groups is 1. The number of H-pyrrole nitrogens is 1. The van der Waals surface area contributed by atoms with E-state index in [2.05, 4.69) is 26.3 Å². The number of anilines is 1. The maximum absolute atomic E-state index is 11.7. The first-order valence-electron chi connectivity index (χ1n) is 6.69. The number of rotatable bonds is 1. The molecule has 0 saturated heterocycles. The molecule has 1 aromatic heterocycles. The van der Waals surface area contributed by atoms with Crippen molar-refractivity contribution in [2.45, 2.75) is 6.92 Å². The molecule has 0 saturated carbocycles. The number of nitrogens with zero attached hydrogens (tertiary/aromatic N) is 4. The molecular weight excluding hydrogens is 284 g/mol. The van der Waals surface area contributed by atoms with Crippen LogP contribution in [0, 0.1) is 18.3 Å². The van der Waals surface area contributed by atoms with Gasteiger partial charge in [0.2, 0.25) is 5.96 Å². The fourth-order valence-corrected chi connectivity index (χ4v) is 2.42. The summed E-state index contributed by atoms with van der Waals surface area (Å²) in [7, 11) is 1.33. The maximum Gasteiger partial charge on any atom is 0.416 e. The van der Waals surface area contributed by atoms with Crippen LogP contribution in [-0.4, -0.2) is 47.1 Å². The topological polar surface area (TPSA) is 106 Å². The molecule has 0 radical (unpaired) electrons. The summed E-state index contributed by atoms with van der Waals surface area (Å²) in [6.45, 7) is 2.86. The van der Waals surface area contributed by atoms with Crippen molar-refractivity contribution < 1.29 is 9.53 Å². The summed E-state index contributed by atoms with van der Waals surface area (Å²) in [5, 5.41) is 12.4. The van der Waals surface area contributed by atoms with Crippen LogP contribution in [0.2, 0.25) is 0 Å². The number of carbonyl (C=O) groups excluding carboxylic acids is 1. The van der Waals surface area contributed by atoms with E-state index in [4.69, 9.17) is 4.74 Å². The second-order valence-corrected chi connectivity index (χ2v) is 4.79. The normalized spacial score (nSPS) is 13.9. The molecule has 8 nitrogen and oxygen atoms in total. The number of benzene rings is 1. The molecule has 0 atom stereocenters. The smallest absolute Gasteiger partial charge is 0.416 e. The van der Waals surface area contributed by atoms with Crippen LogP contribution in [-0.2, 0) is 4.74 Å². The SMILES string of the molecule is COC(=O)N1CCN=C1Nc1cc(C#N)c2[nH]cnc2c1C. The molecule has 2 N–H and O–H groups in total. The van der Waals surface area contributed by atoms with Gasteiger partial charge in [-0.1, -0.05) is 0 Å². The second-order valence-electron chi connectivity index (χ2n) is 4.79. The number of aromatic nitrogens is 2. The molecule has 1 aliphatic heterocycles. The number of hydrogen-bond acceptors (Lipinski definition) is 6. The lowest BCUT2D eigenvalue weighted by Crippen LogP contribution is -2.38. The number of methoxy groups -OCH3 is 1. The average Bonchev–Trinajstić information content (AvgIpc) is 3.18. The molecular formula is C14H14N6O2. The van der Waals surface area contributed by atoms with Gasteiger partial charge in [0, 0.05) is 11.3 Å². The lowest BCUT2D eigenvalue weighted by molar-refractivity contribution is 0.148. The van der Waals surface area contributed by atoms with Crippen molar-refractivity contribution in [3.05, 3.63) is 23.5 Å². The van der Waals surface area contributed by atoms with Crippen LogP contribution in [0.15, 0.2) is 17.4 Å². The number of aromatic amines is 1. The molecule has 0 spiro atoms. The zero-order valence-corrected chi connectivity index (χ0v) is 12.2. The summed E-state index contributed by atoms with van der Waals surface area (Å²) in [5.74, 6) is 0.411. The van der Waals surface area contributed by atoms with Crippen molar-refractivity contribution in [1.82, 2.24) is 14.9 Å². The van der Waals surface area contributed by atoms with Crippen LogP contribution in [0.3, 0.4) is 0 Å². The minimum Gasteiger partial charge on any atom is -0.452 e. The summed E-state index contributed by atoms with van der Waals surface area (Å²) in [4.78, 5) is 24.6. The molecule has 1 aliphatic rings. The Kier molecular flexibility index (Phi) is 3.39. The average molecular weight is 298 g/mol. The first kappa shape index (κ1) is 13.9. The highest BCUT2D eigenvalue weighted by Crippen LogP contribution is 2.27. The van der Waals surface area contributed by atoms with Crippen LogP contribution < -0.4 is 5.32 Å². The number of guanidine groups is 1. The van der Waals surface area contributed by atoms with Gasteiger partial charge in [-0.15, -0.1) is 0 Å². The highest BCUT2D eigenvalue weighted by Gasteiger charge is 2.25. The Hall–Kier alpha value is -3.08. The lowest BCUT2D eigenvalue weighted by Gasteiger charge is -2.18. The van der Waals surface area contributed by atoms with Crippen LogP contribution in [0.25, 0.3) is 11.0 Å². The Morgan fingerprint density at radius 2 is 2.41 bits per heavy atom. The van der Waals surface area contributed by atoms with Gasteiger partial charge in [-0.3, -0.25) is 4.99 Å². The van der Waals surface area contributed by atoms with Gasteiger partial charge in [0.1, 0.15) is 6.07 Å². The van der Waals surface area contributed by atoms with Crippen molar-refractivity contribution in [3.63, 3.8) is 0 Å². The number of nitrogens with one attached hydrogen (secondary N) is 2. The minimum absolute atomic E-state index is 0.411. The van der Waals surface area contributed by atoms with E-state index < -0.39 is 6.09 Å². The first-order chi connectivity index (χ1) is 10.7. The molecule has 8 heteroatoms. The number of fused-ring (bicyclic) bond motifs is 1. The van der Waals surface area contributed by atoms with Gasteiger partial charge in [-0.05, 0) is 13.0 Å². The van der Waals surface area contributed by atoms with Gasteiger partial charge in [-0.25, -0.2) is 14.7 Å². The lowest BCUT2D eigenvalue weighted by atomic mass is 10.1. The van der Waals surface area contributed by atoms with Crippen molar-refractivity contribution in [3.8, 4) is 6.07 Å². The minimum atomic E-state index is -0.470. The standard InChI is InChI=1S/C14H14N6O2/c1-8-10(5-9(6-15)12-11(8)17-7-18-12)19-13-16-3-4-20(13)14(21)22-2/h5,7H,3-4H2,1-2H3,(H,16,19)(H,17,18). The van der Waals surface area contributed by atoms with Gasteiger partial charge in [0.15, 0.2) is 0 Å². The molecule has 2 heterocycles. The number of aryl methyl sites for hydroxylation is 1. The zero-order chi connectivity index (χ0) is 15.7. The third kappa shape index (κ3) is 2.13. The van der Waals surface area contributed by atoms with Crippen molar-refractivity contribution >= 4 is 28.8 Å². The van der Waals surface area contributed by atoms with Crippen LogP contribution in [0.5, 0.6) is 0 Å². The van der Waals surface area contributed by atoms with E-state index in [1.807, 2.05) is 6.92 Å². The predicted octanol–water partition coefficient (Wildman–Crippen LogP) is 1.59. The Bertz CT molecular complexity index is 817. The van der Waals surface area contributed by atoms with Crippen LogP contribution >= 0.6 is 0 Å². The van der Waals surface area contributed by atoms with E-state index in [9.17, 15) is 10.1 Å². The summed E-state index contributed by atoms with van der Waals surface area (Å²) in [6.07, 6.45) is 1.08. The maximum atomic E-state index is 11.7. The van der Waals surface area contributed by atoms with E-state index in [-0.39, 0.29) is 0 Å². The molecule has 2 aromatic rings. The van der Waals surface area contributed by atoms with E-state index in [1.54, 1.807) is 12.4 Å². The Balaban J connectivity index is 1.99. The molecule has 112 valence electrons. The fourth-order valence-electron chi connectivity index (χ4n) is 2.42. The summed E-state index contributed by atoms with van der Waals surface area (Å²) in [5.41, 5.74) is 3.44. The highest BCUT2D eigenvalue weighted by atomic mass is 16.5. The Morgan fingerprint density at radius 3 is 3.14 bits per heavy atom. The molecule has 0 bridgehead atoms. The van der Waals surface area contributed by atoms with Gasteiger partial charge < -0.3 is 15.0 Å². The monoisotopic (exact) mass is 298 g/mol. The number of imidazole rings is 1. The molecule has 0 aliphatic carbocycles.